The smallest absolute Gasteiger partial charge is 0.258 e. The zero-order valence-electron chi connectivity index (χ0n) is 9.28. The van der Waals surface area contributed by atoms with Gasteiger partial charge < -0.3 is 15.4 Å². The van der Waals surface area contributed by atoms with Crippen LogP contribution in [-0.4, -0.2) is 36.3 Å². The van der Waals surface area contributed by atoms with E-state index in [1.807, 2.05) is 0 Å². The largest absolute Gasteiger partial charge is 0.493 e. The number of hydrogen-bond acceptors (Lipinski definition) is 5. The molecular weight excluding hydrogens is 230 g/mol. The zero-order chi connectivity index (χ0) is 12.3. The van der Waals surface area contributed by atoms with Crippen molar-refractivity contribution in [2.45, 2.75) is 12.3 Å². The van der Waals surface area contributed by atoms with Crippen LogP contribution < -0.4 is 15.4 Å². The minimum atomic E-state index is -2.51. The molecule has 0 atom stereocenters. The van der Waals surface area contributed by atoms with Gasteiger partial charge in [-0.3, -0.25) is 0 Å². The highest BCUT2D eigenvalue weighted by Crippen LogP contribution is 2.65. The predicted molar refractivity (Wildman–Crippen MR) is 57.2 cm³/mol. The van der Waals surface area contributed by atoms with E-state index in [4.69, 9.17) is 10.5 Å². The van der Waals surface area contributed by atoms with Crippen molar-refractivity contribution >= 4 is 11.6 Å². The van der Waals surface area contributed by atoms with E-state index < -0.39 is 11.3 Å². The molecule has 2 N–H and O–H groups in total. The third kappa shape index (κ3) is 1.34. The van der Waals surface area contributed by atoms with Gasteiger partial charge >= 0.3 is 0 Å². The first-order valence-electron chi connectivity index (χ1n) is 5.27. The Morgan fingerprint density at radius 2 is 2.06 bits per heavy atom. The number of aromatic nitrogens is 2. The molecule has 0 amide bonds. The zero-order valence-corrected chi connectivity index (χ0v) is 9.28. The van der Waals surface area contributed by atoms with Crippen LogP contribution in [0.15, 0.2) is 6.07 Å². The number of ether oxygens (including phenoxy) is 1. The van der Waals surface area contributed by atoms with E-state index in [1.54, 1.807) is 11.0 Å². The van der Waals surface area contributed by atoms with Crippen molar-refractivity contribution in [3.63, 3.8) is 0 Å². The Bertz CT molecular complexity index is 473. The van der Waals surface area contributed by atoms with Crippen LogP contribution in [0.5, 0.6) is 5.75 Å². The van der Waals surface area contributed by atoms with Gasteiger partial charge in [0.05, 0.1) is 12.5 Å². The minimum absolute atomic E-state index is 0.0178. The number of alkyl halides is 2. The number of anilines is 2. The van der Waals surface area contributed by atoms with E-state index in [0.717, 1.165) is 0 Å². The van der Waals surface area contributed by atoms with Crippen LogP contribution in [0.3, 0.4) is 0 Å². The molecule has 3 rings (SSSR count). The molecule has 0 bridgehead atoms. The standard InChI is InChI=1S/C10H12F2N4O/c1-17-6-2-7(14-15-8(6)13)16-4-9(5-16)3-10(9,11)12/h2H,3-5H2,1H3,(H2,13,15). The van der Waals surface area contributed by atoms with Crippen molar-refractivity contribution in [1.29, 1.82) is 0 Å². The topological polar surface area (TPSA) is 64.3 Å². The second-order valence-electron chi connectivity index (χ2n) is 4.67. The molecule has 1 aromatic rings. The maximum absolute atomic E-state index is 13.0. The first kappa shape index (κ1) is 10.5. The molecule has 92 valence electrons. The van der Waals surface area contributed by atoms with Crippen LogP contribution in [0.25, 0.3) is 0 Å². The number of nitrogens with zero attached hydrogens (tertiary/aromatic N) is 3. The lowest BCUT2D eigenvalue weighted by Crippen LogP contribution is -2.52. The summed E-state index contributed by atoms with van der Waals surface area (Å²) < 4.78 is 31.1. The van der Waals surface area contributed by atoms with Crippen LogP contribution in [-0.2, 0) is 0 Å². The van der Waals surface area contributed by atoms with Crippen LogP contribution in [0.1, 0.15) is 6.42 Å². The van der Waals surface area contributed by atoms with Crippen LogP contribution in [0.2, 0.25) is 0 Å². The van der Waals surface area contributed by atoms with Gasteiger partial charge in [-0.25, -0.2) is 8.78 Å². The maximum Gasteiger partial charge on any atom is 0.258 e. The molecule has 1 saturated carbocycles. The van der Waals surface area contributed by atoms with Crippen LogP contribution in [0, 0.1) is 5.41 Å². The number of nitrogen functional groups attached to an aromatic ring is 1. The van der Waals surface area contributed by atoms with Gasteiger partial charge in [0.2, 0.25) is 0 Å². The monoisotopic (exact) mass is 242 g/mol. The quantitative estimate of drug-likeness (QED) is 0.835. The Kier molecular flexibility index (Phi) is 1.83. The molecule has 0 aromatic carbocycles. The van der Waals surface area contributed by atoms with Crippen molar-refractivity contribution in [2.75, 3.05) is 30.8 Å². The number of hydrogen-bond donors (Lipinski definition) is 1. The van der Waals surface area contributed by atoms with Crippen molar-refractivity contribution < 1.29 is 13.5 Å². The summed E-state index contributed by atoms with van der Waals surface area (Å²) in [7, 11) is 1.48. The molecule has 7 heteroatoms. The van der Waals surface area contributed by atoms with Crippen LogP contribution in [0.4, 0.5) is 20.4 Å². The van der Waals surface area contributed by atoms with Crippen molar-refractivity contribution in [3.05, 3.63) is 6.07 Å². The van der Waals surface area contributed by atoms with E-state index in [-0.39, 0.29) is 12.2 Å². The third-order valence-electron chi connectivity index (χ3n) is 3.52. The van der Waals surface area contributed by atoms with Crippen molar-refractivity contribution in [1.82, 2.24) is 10.2 Å². The molecule has 1 saturated heterocycles. The Balaban J connectivity index is 1.75. The van der Waals surface area contributed by atoms with E-state index in [2.05, 4.69) is 10.2 Å². The Morgan fingerprint density at radius 3 is 2.59 bits per heavy atom. The number of methoxy groups -OCH3 is 1. The second-order valence-corrected chi connectivity index (χ2v) is 4.67. The molecule has 17 heavy (non-hydrogen) atoms. The van der Waals surface area contributed by atoms with E-state index in [1.165, 1.54) is 7.11 Å². The van der Waals surface area contributed by atoms with Crippen molar-refractivity contribution in [2.24, 2.45) is 5.41 Å². The summed E-state index contributed by atoms with van der Waals surface area (Å²) in [5.41, 5.74) is 4.71. The second kappa shape index (κ2) is 2.96. The summed E-state index contributed by atoms with van der Waals surface area (Å²) in [4.78, 5) is 1.76. The first-order valence-corrected chi connectivity index (χ1v) is 5.27. The molecular formula is C10H12F2N4O. The fraction of sp³-hybridized carbons (Fsp3) is 0.600. The minimum Gasteiger partial charge on any atom is -0.493 e. The van der Waals surface area contributed by atoms with Crippen LogP contribution >= 0.6 is 0 Å². The fourth-order valence-corrected chi connectivity index (χ4v) is 2.26. The fourth-order valence-electron chi connectivity index (χ4n) is 2.26. The van der Waals surface area contributed by atoms with Gasteiger partial charge in [0, 0.05) is 25.6 Å². The molecule has 1 aliphatic heterocycles. The molecule has 0 radical (unpaired) electrons. The van der Waals surface area contributed by atoms with Gasteiger partial charge in [0.25, 0.3) is 5.92 Å². The van der Waals surface area contributed by atoms with Gasteiger partial charge in [0.1, 0.15) is 0 Å². The van der Waals surface area contributed by atoms with Gasteiger partial charge in [0.15, 0.2) is 17.4 Å². The Labute approximate surface area is 96.6 Å². The van der Waals surface area contributed by atoms with E-state index in [9.17, 15) is 8.78 Å². The molecule has 2 aliphatic rings. The average Bonchev–Trinajstić information content (AvgIpc) is 2.81. The summed E-state index contributed by atoms with van der Waals surface area (Å²) in [6.07, 6.45) is -0.0178. The highest BCUT2D eigenvalue weighted by molar-refractivity contribution is 5.55. The molecule has 0 unspecified atom stereocenters. The van der Waals surface area contributed by atoms with Gasteiger partial charge in [-0.15, -0.1) is 10.2 Å². The molecule has 2 fully saturated rings. The van der Waals surface area contributed by atoms with E-state index >= 15 is 0 Å². The number of rotatable bonds is 2. The lowest BCUT2D eigenvalue weighted by atomic mass is 9.96. The summed E-state index contributed by atoms with van der Waals surface area (Å²) >= 11 is 0. The first-order chi connectivity index (χ1) is 7.97. The lowest BCUT2D eigenvalue weighted by Gasteiger charge is -2.40. The van der Waals surface area contributed by atoms with Gasteiger partial charge in [-0.2, -0.15) is 0 Å². The lowest BCUT2D eigenvalue weighted by molar-refractivity contribution is 0.0517. The average molecular weight is 242 g/mol. The molecule has 1 spiro atoms. The maximum atomic E-state index is 13.0. The van der Waals surface area contributed by atoms with E-state index in [0.29, 0.717) is 24.7 Å². The number of halogens is 2. The summed E-state index contributed by atoms with van der Waals surface area (Å²) in [6, 6.07) is 1.62. The molecule has 1 aliphatic carbocycles. The van der Waals surface area contributed by atoms with Gasteiger partial charge in [-0.1, -0.05) is 0 Å². The predicted octanol–water partition coefficient (Wildman–Crippen LogP) is 0.913. The molecule has 5 nitrogen and oxygen atoms in total. The third-order valence-corrected chi connectivity index (χ3v) is 3.52. The number of nitrogens with two attached hydrogens (primary N) is 1. The summed E-state index contributed by atoms with van der Waals surface area (Å²) in [5.74, 6) is -1.36. The Morgan fingerprint density at radius 1 is 1.41 bits per heavy atom. The highest BCUT2D eigenvalue weighted by Gasteiger charge is 2.76. The normalized spacial score (nSPS) is 23.4. The summed E-state index contributed by atoms with van der Waals surface area (Å²) in [6.45, 7) is 0.642. The Hall–Kier alpha value is -1.66. The van der Waals surface area contributed by atoms with Crippen molar-refractivity contribution in [3.8, 4) is 5.75 Å². The molecule has 2 heterocycles. The van der Waals surface area contributed by atoms with Gasteiger partial charge in [-0.05, 0) is 0 Å². The highest BCUT2D eigenvalue weighted by atomic mass is 19.3. The summed E-state index contributed by atoms with van der Waals surface area (Å²) in [5, 5.41) is 7.61. The molecule has 1 aromatic heterocycles. The SMILES string of the molecule is COc1cc(N2CC3(C2)CC3(F)F)nnc1N.